The van der Waals surface area contributed by atoms with Gasteiger partial charge in [0.05, 0.1) is 0 Å². The Morgan fingerprint density at radius 1 is 1.25 bits per heavy atom. The molecule has 1 aliphatic carbocycles. The van der Waals surface area contributed by atoms with Crippen molar-refractivity contribution in [3.8, 4) is 0 Å². The van der Waals surface area contributed by atoms with Crippen LogP contribution in [0.4, 0.5) is 5.69 Å². The molecule has 1 unspecified atom stereocenters. The molecule has 1 saturated carbocycles. The highest BCUT2D eigenvalue weighted by Gasteiger charge is 2.20. The quantitative estimate of drug-likeness (QED) is 0.878. The van der Waals surface area contributed by atoms with Crippen molar-refractivity contribution in [3.05, 3.63) is 29.3 Å². The second-order valence-corrected chi connectivity index (χ2v) is 6.37. The zero-order valence-corrected chi connectivity index (χ0v) is 13.4. The number of benzene rings is 1. The van der Waals surface area contributed by atoms with Crippen LogP contribution >= 0.6 is 0 Å². The van der Waals surface area contributed by atoms with Crippen molar-refractivity contribution in [2.45, 2.75) is 71.4 Å². The van der Waals surface area contributed by atoms with Crippen LogP contribution in [0, 0.1) is 6.92 Å². The number of hydrogen-bond donors (Lipinski definition) is 1. The van der Waals surface area contributed by atoms with Crippen molar-refractivity contribution >= 4 is 5.69 Å². The average Bonchev–Trinajstić information content (AvgIpc) is 2.43. The third-order valence-electron chi connectivity index (χ3n) is 4.56. The maximum absolute atomic E-state index is 5.92. The van der Waals surface area contributed by atoms with Gasteiger partial charge in [-0.2, -0.15) is 0 Å². The number of aryl methyl sites for hydroxylation is 1. The molecule has 0 aromatic heterocycles. The Morgan fingerprint density at radius 2 is 1.95 bits per heavy atom. The van der Waals surface area contributed by atoms with Gasteiger partial charge in [-0.05, 0) is 63.3 Å². The minimum atomic E-state index is 0.236. The Hall–Kier alpha value is -1.02. The van der Waals surface area contributed by atoms with Gasteiger partial charge < -0.3 is 10.6 Å². The van der Waals surface area contributed by atoms with Gasteiger partial charge in [0.25, 0.3) is 0 Å². The average molecular weight is 274 g/mol. The molecule has 0 bridgehead atoms. The Labute approximate surface area is 124 Å². The molecule has 1 aromatic rings. The molecule has 2 rings (SSSR count). The normalized spacial score (nSPS) is 18.0. The van der Waals surface area contributed by atoms with E-state index in [1.54, 1.807) is 0 Å². The molecule has 2 nitrogen and oxygen atoms in total. The van der Waals surface area contributed by atoms with Crippen LogP contribution in [-0.4, -0.2) is 18.6 Å². The van der Waals surface area contributed by atoms with Gasteiger partial charge in [0, 0.05) is 24.3 Å². The summed E-state index contributed by atoms with van der Waals surface area (Å²) in [4.78, 5) is 2.60. The summed E-state index contributed by atoms with van der Waals surface area (Å²) in [5, 5.41) is 0. The molecule has 1 atom stereocenters. The first kappa shape index (κ1) is 15.4. The highest BCUT2D eigenvalue weighted by atomic mass is 15.2. The Kier molecular flexibility index (Phi) is 5.47. The Morgan fingerprint density at radius 3 is 2.50 bits per heavy atom. The van der Waals surface area contributed by atoms with E-state index in [0.29, 0.717) is 0 Å². The maximum atomic E-state index is 5.92. The molecule has 1 aliphatic rings. The second-order valence-electron chi connectivity index (χ2n) is 6.37. The van der Waals surface area contributed by atoms with Crippen molar-refractivity contribution in [3.63, 3.8) is 0 Å². The number of nitrogens with two attached hydrogens (primary N) is 1. The zero-order valence-electron chi connectivity index (χ0n) is 13.4. The smallest absolute Gasteiger partial charge is 0.0371 e. The van der Waals surface area contributed by atoms with E-state index < -0.39 is 0 Å². The maximum Gasteiger partial charge on any atom is 0.0371 e. The van der Waals surface area contributed by atoms with E-state index >= 15 is 0 Å². The van der Waals surface area contributed by atoms with Crippen molar-refractivity contribution in [1.82, 2.24) is 0 Å². The summed E-state index contributed by atoms with van der Waals surface area (Å²) >= 11 is 0. The summed E-state index contributed by atoms with van der Waals surface area (Å²) in [5.74, 6) is 0. The summed E-state index contributed by atoms with van der Waals surface area (Å²) in [6.45, 7) is 7.68. The molecule has 0 amide bonds. The van der Waals surface area contributed by atoms with Crippen LogP contribution in [-0.2, 0) is 6.42 Å². The van der Waals surface area contributed by atoms with E-state index in [9.17, 15) is 0 Å². The molecule has 112 valence electrons. The van der Waals surface area contributed by atoms with E-state index in [4.69, 9.17) is 5.73 Å². The predicted octanol–water partition coefficient (Wildman–Crippen LogP) is 4.04. The molecule has 2 heteroatoms. The highest BCUT2D eigenvalue weighted by molar-refractivity contribution is 5.51. The summed E-state index contributed by atoms with van der Waals surface area (Å²) in [7, 11) is 0. The lowest BCUT2D eigenvalue weighted by Crippen LogP contribution is -2.36. The van der Waals surface area contributed by atoms with E-state index in [1.807, 2.05) is 0 Å². The van der Waals surface area contributed by atoms with Gasteiger partial charge in [0.1, 0.15) is 0 Å². The lowest BCUT2D eigenvalue weighted by molar-refractivity contribution is 0.418. The number of nitrogens with zero attached hydrogens (tertiary/aromatic N) is 1. The van der Waals surface area contributed by atoms with E-state index in [1.165, 1.54) is 48.9 Å². The van der Waals surface area contributed by atoms with Crippen LogP contribution in [0.1, 0.15) is 57.1 Å². The molecule has 0 aliphatic heterocycles. The highest BCUT2D eigenvalue weighted by Crippen LogP contribution is 2.28. The summed E-state index contributed by atoms with van der Waals surface area (Å²) in [5.41, 5.74) is 10.1. The Balaban J connectivity index is 2.15. The van der Waals surface area contributed by atoms with Crippen LogP contribution in [0.15, 0.2) is 18.2 Å². The van der Waals surface area contributed by atoms with Crippen molar-refractivity contribution < 1.29 is 0 Å². The van der Waals surface area contributed by atoms with Gasteiger partial charge in [-0.3, -0.25) is 0 Å². The van der Waals surface area contributed by atoms with Gasteiger partial charge in [-0.15, -0.1) is 0 Å². The van der Waals surface area contributed by atoms with Crippen molar-refractivity contribution in [2.24, 2.45) is 5.73 Å². The lowest BCUT2D eigenvalue weighted by atomic mass is 9.93. The van der Waals surface area contributed by atoms with E-state index in [0.717, 1.165) is 19.0 Å². The van der Waals surface area contributed by atoms with Crippen LogP contribution in [0.2, 0.25) is 0 Å². The zero-order chi connectivity index (χ0) is 14.5. The van der Waals surface area contributed by atoms with Crippen LogP contribution in [0.5, 0.6) is 0 Å². The third-order valence-corrected chi connectivity index (χ3v) is 4.56. The minimum Gasteiger partial charge on any atom is -0.369 e. The first-order chi connectivity index (χ1) is 9.61. The molecule has 1 aromatic carbocycles. The van der Waals surface area contributed by atoms with Gasteiger partial charge in [-0.1, -0.05) is 25.3 Å². The molecular weight excluding hydrogens is 244 g/mol. The van der Waals surface area contributed by atoms with E-state index in [-0.39, 0.29) is 6.04 Å². The van der Waals surface area contributed by atoms with Crippen LogP contribution < -0.4 is 10.6 Å². The number of rotatable bonds is 5. The standard InChI is InChI=1S/C18H30N2/c1-4-20(17-8-6-5-7-9-17)18-11-10-16(13-15(3)19)14(2)12-18/h10-12,15,17H,4-9,13,19H2,1-3H3. The SMILES string of the molecule is CCN(c1ccc(CC(C)N)c(C)c1)C1CCCCC1. The summed E-state index contributed by atoms with van der Waals surface area (Å²) in [6, 6.07) is 7.91. The topological polar surface area (TPSA) is 29.3 Å². The Bertz CT molecular complexity index is 419. The van der Waals surface area contributed by atoms with Gasteiger partial charge >= 0.3 is 0 Å². The molecule has 20 heavy (non-hydrogen) atoms. The predicted molar refractivity (Wildman–Crippen MR) is 88.4 cm³/mol. The molecule has 0 radical (unpaired) electrons. The molecule has 0 spiro atoms. The fourth-order valence-corrected chi connectivity index (χ4v) is 3.48. The minimum absolute atomic E-state index is 0.236. The van der Waals surface area contributed by atoms with E-state index in [2.05, 4.69) is 43.9 Å². The first-order valence-corrected chi connectivity index (χ1v) is 8.23. The number of hydrogen-bond acceptors (Lipinski definition) is 2. The van der Waals surface area contributed by atoms with Crippen molar-refractivity contribution in [1.29, 1.82) is 0 Å². The fraction of sp³-hybridized carbons (Fsp3) is 0.667. The molecular formula is C18H30N2. The van der Waals surface area contributed by atoms with Gasteiger partial charge in [0.15, 0.2) is 0 Å². The first-order valence-electron chi connectivity index (χ1n) is 8.23. The summed E-state index contributed by atoms with van der Waals surface area (Å²) in [6.07, 6.45) is 7.89. The molecule has 0 heterocycles. The fourth-order valence-electron chi connectivity index (χ4n) is 3.48. The van der Waals surface area contributed by atoms with Crippen LogP contribution in [0.3, 0.4) is 0 Å². The summed E-state index contributed by atoms with van der Waals surface area (Å²) < 4.78 is 0. The van der Waals surface area contributed by atoms with Crippen molar-refractivity contribution in [2.75, 3.05) is 11.4 Å². The largest absolute Gasteiger partial charge is 0.369 e. The molecule has 2 N–H and O–H groups in total. The molecule has 0 saturated heterocycles. The van der Waals surface area contributed by atoms with Crippen LogP contribution in [0.25, 0.3) is 0 Å². The molecule has 1 fully saturated rings. The number of anilines is 1. The van der Waals surface area contributed by atoms with Gasteiger partial charge in [-0.25, -0.2) is 0 Å². The second kappa shape index (κ2) is 7.12. The lowest BCUT2D eigenvalue weighted by Gasteiger charge is -2.35. The monoisotopic (exact) mass is 274 g/mol. The third kappa shape index (κ3) is 3.76. The van der Waals surface area contributed by atoms with Gasteiger partial charge in [0.2, 0.25) is 0 Å².